The molecule has 2 nitrogen and oxygen atoms in total. The van der Waals surface area contributed by atoms with E-state index < -0.39 is 0 Å². The van der Waals surface area contributed by atoms with Crippen LogP contribution in [-0.4, -0.2) is 11.9 Å². The van der Waals surface area contributed by atoms with Crippen LogP contribution in [0.15, 0.2) is 0 Å². The molecule has 0 bridgehead atoms. The number of halogens is 1. The van der Waals surface area contributed by atoms with Crippen molar-refractivity contribution in [1.29, 1.82) is 5.26 Å². The molecule has 0 rings (SSSR count). The Kier molecular flexibility index (Phi) is 4.73. The third-order valence-corrected chi connectivity index (χ3v) is 1.08. The van der Waals surface area contributed by atoms with Crippen LogP contribution in [0.2, 0.25) is 0 Å². The summed E-state index contributed by atoms with van der Waals surface area (Å²) in [5, 5.41) is 8.14. The second-order valence-corrected chi connectivity index (χ2v) is 1.94. The van der Waals surface area contributed by atoms with Gasteiger partial charge in [-0.3, -0.25) is 0 Å². The van der Waals surface area contributed by atoms with Crippen LogP contribution < -0.4 is 5.73 Å². The summed E-state index contributed by atoms with van der Waals surface area (Å²) in [6, 6.07) is 1.59. The van der Waals surface area contributed by atoms with Gasteiger partial charge < -0.3 is 5.73 Å². The van der Waals surface area contributed by atoms with Gasteiger partial charge in [0, 0.05) is 5.88 Å². The fraction of sp³-hybridized carbons (Fsp3) is 0.800. The number of hydrogen-bond donors (Lipinski definition) is 1. The van der Waals surface area contributed by atoms with Gasteiger partial charge in [0.1, 0.15) is 0 Å². The summed E-state index contributed by atoms with van der Waals surface area (Å²) < 4.78 is 0. The lowest BCUT2D eigenvalue weighted by atomic mass is 10.2. The Morgan fingerprint density at radius 1 is 1.75 bits per heavy atom. The Morgan fingerprint density at radius 3 is 2.75 bits per heavy atom. The third-order valence-electron chi connectivity index (χ3n) is 0.815. The Morgan fingerprint density at radius 2 is 2.38 bits per heavy atom. The van der Waals surface area contributed by atoms with Gasteiger partial charge in [-0.05, 0) is 12.8 Å². The lowest BCUT2D eigenvalue weighted by Gasteiger charge is -1.96. The number of nitrogens with two attached hydrogens (primary N) is 1. The van der Waals surface area contributed by atoms with E-state index in [1.165, 1.54) is 0 Å². The molecule has 0 heterocycles. The van der Waals surface area contributed by atoms with Gasteiger partial charge in [0.2, 0.25) is 0 Å². The zero-order chi connectivity index (χ0) is 6.41. The average Bonchev–Trinajstić information content (AvgIpc) is 1.83. The molecular formula is C5H9ClN2. The molecule has 0 aliphatic carbocycles. The standard InChI is InChI=1S/C5H9ClN2/c6-3-1-2-5(8)4-7/h5H,1-3,8H2. The maximum Gasteiger partial charge on any atom is 0.0928 e. The van der Waals surface area contributed by atoms with Crippen LogP contribution in [0, 0.1) is 11.3 Å². The van der Waals surface area contributed by atoms with Crippen LogP contribution in [0.4, 0.5) is 0 Å². The van der Waals surface area contributed by atoms with Gasteiger partial charge in [0.25, 0.3) is 0 Å². The minimum absolute atomic E-state index is 0.325. The van der Waals surface area contributed by atoms with E-state index in [4.69, 9.17) is 22.6 Å². The highest BCUT2D eigenvalue weighted by Crippen LogP contribution is 1.93. The van der Waals surface area contributed by atoms with Crippen LogP contribution in [0.3, 0.4) is 0 Å². The van der Waals surface area contributed by atoms with Crippen molar-refractivity contribution in [3.05, 3.63) is 0 Å². The third kappa shape index (κ3) is 3.91. The van der Waals surface area contributed by atoms with Gasteiger partial charge in [-0.25, -0.2) is 0 Å². The predicted molar refractivity (Wildman–Crippen MR) is 33.5 cm³/mol. The fourth-order valence-electron chi connectivity index (χ4n) is 0.362. The maximum absolute atomic E-state index is 8.14. The Hall–Kier alpha value is -0.260. The van der Waals surface area contributed by atoms with Gasteiger partial charge in [-0.2, -0.15) is 5.26 Å². The fourth-order valence-corrected chi connectivity index (χ4v) is 0.516. The van der Waals surface area contributed by atoms with E-state index in [0.29, 0.717) is 12.3 Å². The molecule has 0 aromatic carbocycles. The van der Waals surface area contributed by atoms with E-state index in [9.17, 15) is 0 Å². The molecule has 1 unspecified atom stereocenters. The molecule has 1 atom stereocenters. The zero-order valence-electron chi connectivity index (χ0n) is 4.60. The highest BCUT2D eigenvalue weighted by atomic mass is 35.5. The van der Waals surface area contributed by atoms with Crippen molar-refractivity contribution >= 4 is 11.6 Å². The van der Waals surface area contributed by atoms with Crippen molar-refractivity contribution in [1.82, 2.24) is 0 Å². The molecule has 0 aliphatic heterocycles. The molecular weight excluding hydrogens is 124 g/mol. The first kappa shape index (κ1) is 7.74. The summed E-state index contributed by atoms with van der Waals surface area (Å²) in [5.41, 5.74) is 5.24. The van der Waals surface area contributed by atoms with Crippen LogP contribution in [0.5, 0.6) is 0 Å². The molecule has 0 radical (unpaired) electrons. The molecule has 0 aromatic rings. The summed E-state index contributed by atoms with van der Waals surface area (Å²) in [6.07, 6.45) is 1.54. The smallest absolute Gasteiger partial charge is 0.0928 e. The van der Waals surface area contributed by atoms with Crippen molar-refractivity contribution in [3.8, 4) is 6.07 Å². The summed E-state index contributed by atoms with van der Waals surface area (Å²) in [4.78, 5) is 0. The van der Waals surface area contributed by atoms with Gasteiger partial charge in [0.15, 0.2) is 0 Å². The number of rotatable bonds is 3. The first-order valence-electron chi connectivity index (χ1n) is 2.52. The summed E-state index contributed by atoms with van der Waals surface area (Å²) in [5.74, 6) is 0.593. The van der Waals surface area contributed by atoms with E-state index in [2.05, 4.69) is 0 Å². The van der Waals surface area contributed by atoms with E-state index >= 15 is 0 Å². The van der Waals surface area contributed by atoms with Gasteiger partial charge in [0.05, 0.1) is 12.1 Å². The SMILES string of the molecule is N#CC(N)CCCCl. The monoisotopic (exact) mass is 132 g/mol. The molecule has 2 N–H and O–H groups in total. The van der Waals surface area contributed by atoms with E-state index in [0.717, 1.165) is 6.42 Å². The molecule has 0 amide bonds. The number of nitriles is 1. The highest BCUT2D eigenvalue weighted by Gasteiger charge is 1.95. The van der Waals surface area contributed by atoms with E-state index in [1.54, 1.807) is 0 Å². The summed E-state index contributed by atoms with van der Waals surface area (Å²) in [6.45, 7) is 0. The van der Waals surface area contributed by atoms with Crippen molar-refractivity contribution in [3.63, 3.8) is 0 Å². The maximum atomic E-state index is 8.14. The van der Waals surface area contributed by atoms with Crippen LogP contribution in [0.25, 0.3) is 0 Å². The largest absolute Gasteiger partial charge is 0.316 e. The molecule has 0 saturated carbocycles. The lowest BCUT2D eigenvalue weighted by Crippen LogP contribution is -2.16. The number of nitrogens with zero attached hydrogens (tertiary/aromatic N) is 1. The second-order valence-electron chi connectivity index (χ2n) is 1.57. The number of hydrogen-bond acceptors (Lipinski definition) is 2. The van der Waals surface area contributed by atoms with Crippen LogP contribution >= 0.6 is 11.6 Å². The van der Waals surface area contributed by atoms with Gasteiger partial charge in [-0.15, -0.1) is 11.6 Å². The molecule has 0 saturated heterocycles. The molecule has 0 aromatic heterocycles. The van der Waals surface area contributed by atoms with Crippen LogP contribution in [-0.2, 0) is 0 Å². The molecule has 8 heavy (non-hydrogen) atoms. The molecule has 3 heteroatoms. The lowest BCUT2D eigenvalue weighted by molar-refractivity contribution is 0.717. The quantitative estimate of drug-likeness (QED) is 0.579. The molecule has 0 spiro atoms. The summed E-state index contributed by atoms with van der Waals surface area (Å²) in [7, 11) is 0. The topological polar surface area (TPSA) is 49.8 Å². The van der Waals surface area contributed by atoms with Crippen molar-refractivity contribution in [2.24, 2.45) is 5.73 Å². The molecule has 0 aliphatic rings. The van der Waals surface area contributed by atoms with Gasteiger partial charge in [-0.1, -0.05) is 0 Å². The highest BCUT2D eigenvalue weighted by molar-refractivity contribution is 6.17. The van der Waals surface area contributed by atoms with Crippen molar-refractivity contribution in [2.75, 3.05) is 5.88 Å². The first-order valence-corrected chi connectivity index (χ1v) is 3.06. The first-order chi connectivity index (χ1) is 3.81. The molecule has 46 valence electrons. The summed E-state index contributed by atoms with van der Waals surface area (Å²) >= 11 is 5.34. The van der Waals surface area contributed by atoms with E-state index in [1.807, 2.05) is 6.07 Å². The normalized spacial score (nSPS) is 12.6. The minimum atomic E-state index is -0.325. The number of alkyl halides is 1. The van der Waals surface area contributed by atoms with Gasteiger partial charge >= 0.3 is 0 Å². The Labute approximate surface area is 54.2 Å². The molecule has 0 fully saturated rings. The Balaban J connectivity index is 3.02. The average molecular weight is 133 g/mol. The zero-order valence-corrected chi connectivity index (χ0v) is 5.36. The van der Waals surface area contributed by atoms with E-state index in [-0.39, 0.29) is 6.04 Å². The van der Waals surface area contributed by atoms with Crippen LogP contribution in [0.1, 0.15) is 12.8 Å². The van der Waals surface area contributed by atoms with Crippen molar-refractivity contribution in [2.45, 2.75) is 18.9 Å². The minimum Gasteiger partial charge on any atom is -0.316 e. The van der Waals surface area contributed by atoms with Crippen molar-refractivity contribution < 1.29 is 0 Å². The Bertz CT molecular complexity index is 86.9. The second kappa shape index (κ2) is 4.89. The predicted octanol–water partition coefficient (Wildman–Crippen LogP) is 0.856.